The minimum Gasteiger partial charge on any atom is -0.497 e. The van der Waals surface area contributed by atoms with Gasteiger partial charge in [0.2, 0.25) is 5.91 Å². The molecule has 1 unspecified atom stereocenters. The van der Waals surface area contributed by atoms with Crippen LogP contribution in [0.5, 0.6) is 5.75 Å². The van der Waals surface area contributed by atoms with Gasteiger partial charge in [-0.15, -0.1) is 0 Å². The number of amides is 2. The Hall–Kier alpha value is -2.90. The summed E-state index contributed by atoms with van der Waals surface area (Å²) in [6, 6.07) is 14.7. The van der Waals surface area contributed by atoms with E-state index in [0.717, 1.165) is 22.6 Å². The predicted molar refractivity (Wildman–Crippen MR) is 119 cm³/mol. The number of nitrogens with zero attached hydrogens (tertiary/aromatic N) is 3. The van der Waals surface area contributed by atoms with E-state index in [1.807, 2.05) is 36.4 Å². The third-order valence-electron chi connectivity index (χ3n) is 5.18. The van der Waals surface area contributed by atoms with Crippen molar-refractivity contribution in [2.45, 2.75) is 19.4 Å². The van der Waals surface area contributed by atoms with Crippen LogP contribution in [0.1, 0.15) is 30.5 Å². The summed E-state index contributed by atoms with van der Waals surface area (Å²) in [5.74, 6) is 0.307. The fourth-order valence-electron chi connectivity index (χ4n) is 3.43. The summed E-state index contributed by atoms with van der Waals surface area (Å²) in [5.41, 5.74) is 2.64. The van der Waals surface area contributed by atoms with Crippen molar-refractivity contribution in [3.8, 4) is 5.75 Å². The Bertz CT molecular complexity index is 944. The third kappa shape index (κ3) is 5.62. The highest BCUT2D eigenvalue weighted by Crippen LogP contribution is 2.33. The van der Waals surface area contributed by atoms with Gasteiger partial charge in [0.05, 0.1) is 25.5 Å². The van der Waals surface area contributed by atoms with Crippen LogP contribution in [0, 0.1) is 0 Å². The second kappa shape index (κ2) is 10.4. The van der Waals surface area contributed by atoms with Crippen molar-refractivity contribution in [3.05, 3.63) is 64.7 Å². The summed E-state index contributed by atoms with van der Waals surface area (Å²) in [6.07, 6.45) is 0.553. The molecule has 1 heterocycles. The lowest BCUT2D eigenvalue weighted by molar-refractivity contribution is -0.141. The lowest BCUT2D eigenvalue weighted by Crippen LogP contribution is -2.41. The molecule has 0 aliphatic carbocycles. The van der Waals surface area contributed by atoms with E-state index in [9.17, 15) is 9.59 Å². The Labute approximate surface area is 187 Å². The summed E-state index contributed by atoms with van der Waals surface area (Å²) >= 11 is 6.05. The van der Waals surface area contributed by atoms with E-state index in [1.54, 1.807) is 26.4 Å². The summed E-state index contributed by atoms with van der Waals surface area (Å²) < 4.78 is 10.3. The summed E-state index contributed by atoms with van der Waals surface area (Å²) in [7, 11) is 3.17. The van der Waals surface area contributed by atoms with Gasteiger partial charge in [-0.3, -0.25) is 9.59 Å². The monoisotopic (exact) mass is 443 g/mol. The molecular formula is C23H26ClN3O4. The highest BCUT2D eigenvalue weighted by Gasteiger charge is 2.34. The average molecular weight is 444 g/mol. The van der Waals surface area contributed by atoms with Gasteiger partial charge in [0.15, 0.2) is 0 Å². The molecule has 0 spiro atoms. The molecule has 31 heavy (non-hydrogen) atoms. The third-order valence-corrected chi connectivity index (χ3v) is 5.43. The Kier molecular flexibility index (Phi) is 7.65. The van der Waals surface area contributed by atoms with Crippen molar-refractivity contribution >= 4 is 29.1 Å². The van der Waals surface area contributed by atoms with Crippen molar-refractivity contribution in [1.29, 1.82) is 0 Å². The number of benzene rings is 2. The molecule has 0 bridgehead atoms. The molecule has 8 heteroatoms. The standard InChI is InChI=1S/C23H26ClN3O4/c1-16(28)26(12-13-30-2)15-23(29)27-22(18-4-8-19(24)9-5-18)14-21(25-27)17-6-10-20(31-3)11-7-17/h4-11,22H,12-15H2,1-3H3. The maximum Gasteiger partial charge on any atom is 0.262 e. The highest BCUT2D eigenvalue weighted by molar-refractivity contribution is 6.30. The van der Waals surface area contributed by atoms with E-state index in [2.05, 4.69) is 5.10 Å². The molecule has 1 aliphatic rings. The zero-order chi connectivity index (χ0) is 22.4. The van der Waals surface area contributed by atoms with Crippen LogP contribution in [0.15, 0.2) is 53.6 Å². The second-order valence-electron chi connectivity index (χ2n) is 7.22. The first-order valence-electron chi connectivity index (χ1n) is 9.96. The Morgan fingerprint density at radius 2 is 1.81 bits per heavy atom. The van der Waals surface area contributed by atoms with Crippen LogP contribution in [0.3, 0.4) is 0 Å². The van der Waals surface area contributed by atoms with E-state index < -0.39 is 0 Å². The molecule has 0 aromatic heterocycles. The molecular weight excluding hydrogens is 418 g/mol. The van der Waals surface area contributed by atoms with E-state index >= 15 is 0 Å². The lowest BCUT2D eigenvalue weighted by Gasteiger charge is -2.26. The Morgan fingerprint density at radius 3 is 2.39 bits per heavy atom. The number of carbonyl (C=O) groups is 2. The lowest BCUT2D eigenvalue weighted by atomic mass is 9.98. The van der Waals surface area contributed by atoms with Crippen molar-refractivity contribution in [3.63, 3.8) is 0 Å². The minimum atomic E-state index is -0.280. The normalized spacial score (nSPS) is 15.5. The molecule has 0 saturated heterocycles. The maximum absolute atomic E-state index is 13.2. The first-order valence-corrected chi connectivity index (χ1v) is 10.3. The van der Waals surface area contributed by atoms with Crippen LogP contribution >= 0.6 is 11.6 Å². The molecule has 3 rings (SSSR count). The van der Waals surface area contributed by atoms with Gasteiger partial charge in [-0.05, 0) is 47.5 Å². The Morgan fingerprint density at radius 1 is 1.13 bits per heavy atom. The molecule has 2 amide bonds. The molecule has 0 fully saturated rings. The second-order valence-corrected chi connectivity index (χ2v) is 7.65. The predicted octanol–water partition coefficient (Wildman–Crippen LogP) is 3.52. The summed E-state index contributed by atoms with van der Waals surface area (Å²) in [6.45, 7) is 2.07. The van der Waals surface area contributed by atoms with Gasteiger partial charge in [0.1, 0.15) is 12.3 Å². The molecule has 1 atom stereocenters. The van der Waals surface area contributed by atoms with Crippen LogP contribution < -0.4 is 4.74 Å². The van der Waals surface area contributed by atoms with Gasteiger partial charge >= 0.3 is 0 Å². The van der Waals surface area contributed by atoms with Crippen molar-refractivity contribution < 1.29 is 19.1 Å². The van der Waals surface area contributed by atoms with Gasteiger partial charge in [0, 0.05) is 32.0 Å². The average Bonchev–Trinajstić information content (AvgIpc) is 3.22. The van der Waals surface area contributed by atoms with Crippen LogP contribution in [-0.4, -0.2) is 61.4 Å². The number of methoxy groups -OCH3 is 2. The maximum atomic E-state index is 13.2. The number of hydrazone groups is 1. The topological polar surface area (TPSA) is 71.4 Å². The molecule has 7 nitrogen and oxygen atoms in total. The summed E-state index contributed by atoms with van der Waals surface area (Å²) in [4.78, 5) is 26.6. The van der Waals surface area contributed by atoms with Crippen LogP contribution in [-0.2, 0) is 14.3 Å². The quantitative estimate of drug-likeness (QED) is 0.625. The molecule has 2 aromatic rings. The summed E-state index contributed by atoms with van der Waals surface area (Å²) in [5, 5.41) is 6.75. The fourth-order valence-corrected chi connectivity index (χ4v) is 3.55. The molecule has 0 N–H and O–H groups in total. The fraction of sp³-hybridized carbons (Fsp3) is 0.348. The highest BCUT2D eigenvalue weighted by atomic mass is 35.5. The van der Waals surface area contributed by atoms with Crippen molar-refractivity contribution in [2.24, 2.45) is 5.10 Å². The van der Waals surface area contributed by atoms with Crippen molar-refractivity contribution in [1.82, 2.24) is 9.91 Å². The van der Waals surface area contributed by atoms with Crippen LogP contribution in [0.4, 0.5) is 0 Å². The van der Waals surface area contributed by atoms with Crippen molar-refractivity contribution in [2.75, 3.05) is 33.9 Å². The molecule has 1 aliphatic heterocycles. The largest absolute Gasteiger partial charge is 0.497 e. The number of halogens is 1. The van der Waals surface area contributed by atoms with Gasteiger partial charge in [0.25, 0.3) is 5.91 Å². The van der Waals surface area contributed by atoms with Gasteiger partial charge in [-0.2, -0.15) is 5.10 Å². The van der Waals surface area contributed by atoms with Crippen LogP contribution in [0.2, 0.25) is 5.02 Å². The zero-order valence-corrected chi connectivity index (χ0v) is 18.6. The van der Waals surface area contributed by atoms with E-state index in [4.69, 9.17) is 21.1 Å². The zero-order valence-electron chi connectivity index (χ0n) is 17.9. The smallest absolute Gasteiger partial charge is 0.262 e. The molecule has 0 saturated carbocycles. The van der Waals surface area contributed by atoms with E-state index in [-0.39, 0.29) is 24.4 Å². The first kappa shape index (κ1) is 22.8. The van der Waals surface area contributed by atoms with E-state index in [1.165, 1.54) is 16.8 Å². The number of carbonyl (C=O) groups excluding carboxylic acids is 2. The van der Waals surface area contributed by atoms with Gasteiger partial charge in [-0.25, -0.2) is 5.01 Å². The number of ether oxygens (including phenoxy) is 2. The van der Waals surface area contributed by atoms with Gasteiger partial charge < -0.3 is 14.4 Å². The van der Waals surface area contributed by atoms with Gasteiger partial charge in [-0.1, -0.05) is 23.7 Å². The number of rotatable bonds is 8. The molecule has 164 valence electrons. The Balaban J connectivity index is 1.88. The molecule has 2 aromatic carbocycles. The number of hydrogen-bond donors (Lipinski definition) is 0. The van der Waals surface area contributed by atoms with E-state index in [0.29, 0.717) is 24.6 Å². The van der Waals surface area contributed by atoms with Crippen LogP contribution in [0.25, 0.3) is 0 Å². The SMILES string of the molecule is COCCN(CC(=O)N1N=C(c2ccc(OC)cc2)CC1c1ccc(Cl)cc1)C(C)=O. The first-order chi connectivity index (χ1) is 14.9. The number of hydrogen-bond acceptors (Lipinski definition) is 5. The minimum absolute atomic E-state index is 0.0673. The molecule has 0 radical (unpaired) electrons.